The van der Waals surface area contributed by atoms with Gasteiger partial charge >= 0.3 is 5.97 Å². The molecule has 0 amide bonds. The lowest BCUT2D eigenvalue weighted by atomic mass is 9.85. The van der Waals surface area contributed by atoms with E-state index in [1.807, 2.05) is 36.4 Å². The summed E-state index contributed by atoms with van der Waals surface area (Å²) in [7, 11) is 0. The van der Waals surface area contributed by atoms with Crippen molar-refractivity contribution in [1.82, 2.24) is 4.98 Å². The average Bonchev–Trinajstić information content (AvgIpc) is 3.02. The van der Waals surface area contributed by atoms with Crippen molar-refractivity contribution in [3.05, 3.63) is 71.4 Å². The fraction of sp³-hybridized carbons (Fsp3) is 0.273. The Morgan fingerprint density at radius 3 is 2.31 bits per heavy atom. The van der Waals surface area contributed by atoms with Gasteiger partial charge in [-0.05, 0) is 22.6 Å². The molecule has 0 aliphatic carbocycles. The second-order valence-corrected chi connectivity index (χ2v) is 7.64. The summed E-state index contributed by atoms with van der Waals surface area (Å²) in [6, 6.07) is 15.0. The lowest BCUT2D eigenvalue weighted by molar-refractivity contribution is -0.138. The van der Waals surface area contributed by atoms with E-state index in [4.69, 9.17) is 0 Å². The zero-order valence-corrected chi connectivity index (χ0v) is 15.2. The highest BCUT2D eigenvalue weighted by molar-refractivity contribution is 6.00. The molecule has 1 atom stereocenters. The maximum atomic E-state index is 12.7. The van der Waals surface area contributed by atoms with Gasteiger partial charge in [0.05, 0.1) is 5.92 Å². The van der Waals surface area contributed by atoms with Crippen LogP contribution < -0.4 is 0 Å². The summed E-state index contributed by atoms with van der Waals surface area (Å²) in [5.74, 6) is -2.03. The standard InChI is InChI=1S/C22H23NO3/c1-22(2,3)15-10-8-14(9-11-15)20(24)12-17(21(25)26)18-13-23-19-7-5-4-6-16(18)19/h4-11,13,17,23H,12H2,1-3H3,(H,25,26)/t17-/m1/s1. The molecule has 2 aromatic carbocycles. The number of aromatic amines is 1. The van der Waals surface area contributed by atoms with Gasteiger partial charge in [0.15, 0.2) is 5.78 Å². The van der Waals surface area contributed by atoms with Crippen molar-refractivity contribution in [1.29, 1.82) is 0 Å². The number of aromatic nitrogens is 1. The molecular formula is C22H23NO3. The monoisotopic (exact) mass is 349 g/mol. The van der Waals surface area contributed by atoms with Crippen molar-refractivity contribution in [3.8, 4) is 0 Å². The minimum absolute atomic E-state index is 0.00914. The molecule has 0 aliphatic heterocycles. The third kappa shape index (κ3) is 3.54. The number of carboxylic acids is 1. The van der Waals surface area contributed by atoms with E-state index < -0.39 is 11.9 Å². The summed E-state index contributed by atoms with van der Waals surface area (Å²) in [6.07, 6.45) is 1.63. The Hall–Kier alpha value is -2.88. The van der Waals surface area contributed by atoms with Crippen LogP contribution in [-0.2, 0) is 10.2 Å². The fourth-order valence-electron chi connectivity index (χ4n) is 3.17. The van der Waals surface area contributed by atoms with Crippen LogP contribution in [0, 0.1) is 0 Å². The molecule has 0 unspecified atom stereocenters. The molecule has 0 spiro atoms. The Labute approximate surface area is 152 Å². The van der Waals surface area contributed by atoms with Crippen LogP contribution in [0.3, 0.4) is 0 Å². The highest BCUT2D eigenvalue weighted by atomic mass is 16.4. The molecule has 4 heteroatoms. The summed E-state index contributed by atoms with van der Waals surface area (Å²) in [5.41, 5.74) is 3.21. The molecule has 134 valence electrons. The molecule has 0 saturated heterocycles. The summed E-state index contributed by atoms with van der Waals surface area (Å²) in [5, 5.41) is 10.5. The van der Waals surface area contributed by atoms with Crippen molar-refractivity contribution in [2.45, 2.75) is 38.5 Å². The molecule has 0 radical (unpaired) electrons. The van der Waals surface area contributed by atoms with Gasteiger partial charge in [0.25, 0.3) is 0 Å². The molecule has 4 nitrogen and oxygen atoms in total. The lowest BCUT2D eigenvalue weighted by Gasteiger charge is -2.19. The van der Waals surface area contributed by atoms with Gasteiger partial charge in [-0.25, -0.2) is 0 Å². The van der Waals surface area contributed by atoms with Gasteiger partial charge < -0.3 is 10.1 Å². The molecule has 0 fully saturated rings. The first-order valence-corrected chi connectivity index (χ1v) is 8.70. The Kier molecular flexibility index (Phi) is 4.68. The first-order chi connectivity index (χ1) is 12.3. The Bertz CT molecular complexity index is 945. The maximum Gasteiger partial charge on any atom is 0.311 e. The van der Waals surface area contributed by atoms with Crippen molar-refractivity contribution >= 4 is 22.7 Å². The topological polar surface area (TPSA) is 70.2 Å². The number of nitrogens with one attached hydrogen (secondary N) is 1. The van der Waals surface area contributed by atoms with E-state index in [1.54, 1.807) is 18.3 Å². The molecule has 1 heterocycles. The largest absolute Gasteiger partial charge is 0.481 e. The summed E-state index contributed by atoms with van der Waals surface area (Å²) in [6.45, 7) is 6.34. The quantitative estimate of drug-likeness (QED) is 0.643. The minimum atomic E-state index is -0.991. The van der Waals surface area contributed by atoms with Gasteiger partial charge in [-0.15, -0.1) is 0 Å². The second kappa shape index (κ2) is 6.79. The van der Waals surface area contributed by atoms with E-state index in [2.05, 4.69) is 25.8 Å². The summed E-state index contributed by atoms with van der Waals surface area (Å²) in [4.78, 5) is 27.6. The number of para-hydroxylation sites is 1. The fourth-order valence-corrected chi connectivity index (χ4v) is 3.17. The molecule has 0 bridgehead atoms. The Morgan fingerprint density at radius 2 is 1.69 bits per heavy atom. The van der Waals surface area contributed by atoms with Gasteiger partial charge in [0, 0.05) is 29.1 Å². The van der Waals surface area contributed by atoms with Gasteiger partial charge in [-0.3, -0.25) is 9.59 Å². The Balaban J connectivity index is 1.87. The highest BCUT2D eigenvalue weighted by Gasteiger charge is 2.26. The minimum Gasteiger partial charge on any atom is -0.481 e. The van der Waals surface area contributed by atoms with Crippen molar-refractivity contribution in [2.75, 3.05) is 0 Å². The van der Waals surface area contributed by atoms with Gasteiger partial charge in [-0.1, -0.05) is 63.2 Å². The molecule has 0 aliphatic rings. The summed E-state index contributed by atoms with van der Waals surface area (Å²) < 4.78 is 0. The van der Waals surface area contributed by atoms with Crippen LogP contribution in [0.5, 0.6) is 0 Å². The first kappa shape index (κ1) is 17.9. The Morgan fingerprint density at radius 1 is 1.04 bits per heavy atom. The number of hydrogen-bond donors (Lipinski definition) is 2. The number of rotatable bonds is 5. The van der Waals surface area contributed by atoms with E-state index in [-0.39, 0.29) is 17.6 Å². The van der Waals surface area contributed by atoms with Crippen LogP contribution in [-0.4, -0.2) is 21.8 Å². The van der Waals surface area contributed by atoms with E-state index in [1.165, 1.54) is 0 Å². The number of aliphatic carboxylic acids is 1. The second-order valence-electron chi connectivity index (χ2n) is 7.64. The zero-order valence-electron chi connectivity index (χ0n) is 15.2. The molecule has 3 rings (SSSR count). The van der Waals surface area contributed by atoms with Crippen LogP contribution in [0.4, 0.5) is 0 Å². The average molecular weight is 349 g/mol. The molecule has 1 aromatic heterocycles. The van der Waals surface area contributed by atoms with E-state index in [0.29, 0.717) is 11.1 Å². The van der Waals surface area contributed by atoms with Crippen molar-refractivity contribution in [3.63, 3.8) is 0 Å². The van der Waals surface area contributed by atoms with Crippen LogP contribution in [0.15, 0.2) is 54.7 Å². The highest BCUT2D eigenvalue weighted by Crippen LogP contribution is 2.30. The van der Waals surface area contributed by atoms with Gasteiger partial charge in [0.2, 0.25) is 0 Å². The van der Waals surface area contributed by atoms with Crippen molar-refractivity contribution < 1.29 is 14.7 Å². The van der Waals surface area contributed by atoms with E-state index >= 15 is 0 Å². The predicted molar refractivity (Wildman–Crippen MR) is 103 cm³/mol. The number of benzene rings is 2. The number of fused-ring (bicyclic) bond motifs is 1. The van der Waals surface area contributed by atoms with E-state index in [9.17, 15) is 14.7 Å². The van der Waals surface area contributed by atoms with Crippen LogP contribution in [0.2, 0.25) is 0 Å². The number of hydrogen-bond acceptors (Lipinski definition) is 2. The number of carboxylic acid groups (broad SMARTS) is 1. The van der Waals surface area contributed by atoms with Gasteiger partial charge in [0.1, 0.15) is 0 Å². The normalized spacial score (nSPS) is 12.9. The lowest BCUT2D eigenvalue weighted by Crippen LogP contribution is -2.16. The molecular weight excluding hydrogens is 326 g/mol. The zero-order chi connectivity index (χ0) is 18.9. The number of H-pyrrole nitrogens is 1. The maximum absolute atomic E-state index is 12.7. The van der Waals surface area contributed by atoms with E-state index in [0.717, 1.165) is 16.5 Å². The molecule has 26 heavy (non-hydrogen) atoms. The van der Waals surface area contributed by atoms with Crippen LogP contribution >= 0.6 is 0 Å². The molecule has 0 saturated carbocycles. The third-order valence-corrected chi connectivity index (χ3v) is 4.76. The third-order valence-electron chi connectivity index (χ3n) is 4.76. The number of carbonyl (C=O) groups is 2. The van der Waals surface area contributed by atoms with Gasteiger partial charge in [-0.2, -0.15) is 0 Å². The molecule has 3 aromatic rings. The van der Waals surface area contributed by atoms with Crippen LogP contribution in [0.25, 0.3) is 10.9 Å². The predicted octanol–water partition coefficient (Wildman–Crippen LogP) is 4.91. The number of ketones is 1. The smallest absolute Gasteiger partial charge is 0.311 e. The number of Topliss-reactive ketones (excluding diaryl/α,β-unsaturated/α-hetero) is 1. The molecule has 2 N–H and O–H groups in total. The SMILES string of the molecule is CC(C)(C)c1ccc(C(=O)C[C@@H](C(=O)O)c2c[nH]c3ccccc23)cc1. The van der Waals surface area contributed by atoms with Crippen LogP contribution in [0.1, 0.15) is 54.6 Å². The summed E-state index contributed by atoms with van der Waals surface area (Å²) >= 11 is 0. The first-order valence-electron chi connectivity index (χ1n) is 8.70. The number of carbonyl (C=O) groups excluding carboxylic acids is 1. The van der Waals surface area contributed by atoms with Crippen molar-refractivity contribution in [2.24, 2.45) is 0 Å².